The summed E-state index contributed by atoms with van der Waals surface area (Å²) in [6.45, 7) is 0.480. The number of nitrogens with zero attached hydrogens (tertiary/aromatic N) is 3. The molecule has 20 heavy (non-hydrogen) atoms. The molecule has 1 N–H and O–H groups in total. The number of nitrogens with one attached hydrogen (secondary N) is 1. The second kappa shape index (κ2) is 4.33. The minimum Gasteiger partial charge on any atom is -0.347 e. The fourth-order valence-electron chi connectivity index (χ4n) is 3.73. The molecule has 1 saturated carbocycles. The van der Waals surface area contributed by atoms with Crippen molar-refractivity contribution in [3.05, 3.63) is 17.7 Å². The standard InChI is InChI=1S/C14H18N4O2/c19-13-12-6-10-11(16-8-15-10)7-17(12)14(20)18(13)9-4-2-1-3-5-9/h8-9,12H,1-7H2,(H,15,16). The summed E-state index contributed by atoms with van der Waals surface area (Å²) in [5.74, 6) is -0.0180. The van der Waals surface area contributed by atoms with E-state index in [4.69, 9.17) is 0 Å². The highest BCUT2D eigenvalue weighted by Crippen LogP contribution is 2.33. The van der Waals surface area contributed by atoms with Gasteiger partial charge in [-0.3, -0.25) is 9.69 Å². The van der Waals surface area contributed by atoms with E-state index in [0.29, 0.717) is 13.0 Å². The lowest BCUT2D eigenvalue weighted by atomic mass is 9.94. The molecule has 0 bridgehead atoms. The van der Waals surface area contributed by atoms with Crippen LogP contribution in [0.3, 0.4) is 0 Å². The molecule has 2 fully saturated rings. The Morgan fingerprint density at radius 2 is 2.00 bits per heavy atom. The van der Waals surface area contributed by atoms with E-state index in [0.717, 1.165) is 37.1 Å². The zero-order chi connectivity index (χ0) is 13.7. The van der Waals surface area contributed by atoms with Crippen LogP contribution in [-0.4, -0.2) is 43.8 Å². The minimum atomic E-state index is -0.333. The monoisotopic (exact) mass is 274 g/mol. The molecular formula is C14H18N4O2. The fraction of sp³-hybridized carbons (Fsp3) is 0.643. The summed E-state index contributed by atoms with van der Waals surface area (Å²) in [6, 6.07) is -0.326. The van der Waals surface area contributed by atoms with E-state index >= 15 is 0 Å². The molecule has 0 radical (unpaired) electrons. The van der Waals surface area contributed by atoms with Crippen LogP contribution >= 0.6 is 0 Å². The van der Waals surface area contributed by atoms with E-state index in [1.54, 1.807) is 11.2 Å². The predicted molar refractivity (Wildman–Crippen MR) is 70.7 cm³/mol. The van der Waals surface area contributed by atoms with Crippen LogP contribution in [0, 0.1) is 0 Å². The third-order valence-electron chi connectivity index (χ3n) is 4.81. The summed E-state index contributed by atoms with van der Waals surface area (Å²) < 4.78 is 0. The highest BCUT2D eigenvalue weighted by atomic mass is 16.2. The number of fused-ring (bicyclic) bond motifs is 2. The molecule has 1 atom stereocenters. The molecule has 1 aromatic rings. The SMILES string of the molecule is O=C1C2Cc3nc[nH]c3CN2C(=O)N1C1CCCCC1. The first-order chi connectivity index (χ1) is 9.75. The van der Waals surface area contributed by atoms with Crippen molar-refractivity contribution in [3.63, 3.8) is 0 Å². The first-order valence-corrected chi connectivity index (χ1v) is 7.40. The van der Waals surface area contributed by atoms with Gasteiger partial charge in [-0.2, -0.15) is 0 Å². The molecule has 1 saturated heterocycles. The number of H-pyrrole nitrogens is 1. The molecule has 1 unspecified atom stereocenters. The molecule has 6 heteroatoms. The molecule has 3 heterocycles. The predicted octanol–water partition coefficient (Wildman–Crippen LogP) is 1.43. The van der Waals surface area contributed by atoms with Gasteiger partial charge in [0.1, 0.15) is 6.04 Å². The zero-order valence-corrected chi connectivity index (χ0v) is 11.3. The van der Waals surface area contributed by atoms with Gasteiger partial charge in [0.05, 0.1) is 24.3 Å². The molecule has 0 spiro atoms. The van der Waals surface area contributed by atoms with Crippen molar-refractivity contribution in [2.24, 2.45) is 0 Å². The number of hydrogen-bond acceptors (Lipinski definition) is 3. The van der Waals surface area contributed by atoms with Crippen molar-refractivity contribution in [2.45, 2.75) is 57.2 Å². The number of carbonyl (C=O) groups is 2. The van der Waals surface area contributed by atoms with Gasteiger partial charge >= 0.3 is 6.03 Å². The van der Waals surface area contributed by atoms with Crippen molar-refractivity contribution in [2.75, 3.05) is 0 Å². The van der Waals surface area contributed by atoms with E-state index in [1.807, 2.05) is 0 Å². The van der Waals surface area contributed by atoms with Gasteiger partial charge in [-0.1, -0.05) is 19.3 Å². The Bertz CT molecular complexity index is 523. The Labute approximate surface area is 117 Å². The first kappa shape index (κ1) is 11.9. The second-order valence-electron chi connectivity index (χ2n) is 5.96. The number of imidazole rings is 1. The number of carbonyl (C=O) groups excluding carboxylic acids is 2. The summed E-state index contributed by atoms with van der Waals surface area (Å²) in [5.41, 5.74) is 1.89. The van der Waals surface area contributed by atoms with Crippen LogP contribution in [0.1, 0.15) is 43.5 Å². The molecule has 1 aromatic heterocycles. The van der Waals surface area contributed by atoms with Crippen molar-refractivity contribution in [3.8, 4) is 0 Å². The van der Waals surface area contributed by atoms with E-state index in [-0.39, 0.29) is 24.0 Å². The number of amides is 3. The third kappa shape index (κ3) is 1.60. The van der Waals surface area contributed by atoms with E-state index in [9.17, 15) is 9.59 Å². The lowest BCUT2D eigenvalue weighted by molar-refractivity contribution is -0.130. The van der Waals surface area contributed by atoms with Gasteiger partial charge in [0.15, 0.2) is 0 Å². The molecule has 106 valence electrons. The van der Waals surface area contributed by atoms with Gasteiger partial charge < -0.3 is 9.88 Å². The first-order valence-electron chi connectivity index (χ1n) is 7.40. The molecule has 6 nitrogen and oxygen atoms in total. The van der Waals surface area contributed by atoms with Crippen molar-refractivity contribution in [1.29, 1.82) is 0 Å². The maximum atomic E-state index is 12.6. The topological polar surface area (TPSA) is 69.3 Å². The average Bonchev–Trinajstić information content (AvgIpc) is 3.02. The number of urea groups is 1. The molecule has 0 aromatic carbocycles. The molecule has 3 amide bonds. The minimum absolute atomic E-state index is 0.0180. The summed E-state index contributed by atoms with van der Waals surface area (Å²) in [5, 5.41) is 0. The van der Waals surface area contributed by atoms with Crippen LogP contribution in [0.25, 0.3) is 0 Å². The molecule has 4 rings (SSSR count). The van der Waals surface area contributed by atoms with E-state index in [2.05, 4.69) is 9.97 Å². The van der Waals surface area contributed by atoms with Crippen LogP contribution in [0.5, 0.6) is 0 Å². The van der Waals surface area contributed by atoms with Crippen LogP contribution in [0.2, 0.25) is 0 Å². The fourth-order valence-corrected chi connectivity index (χ4v) is 3.73. The Balaban J connectivity index is 1.62. The average molecular weight is 274 g/mol. The lowest BCUT2D eigenvalue weighted by Gasteiger charge is -2.29. The summed E-state index contributed by atoms with van der Waals surface area (Å²) in [7, 11) is 0. The molecule has 2 aliphatic heterocycles. The Morgan fingerprint density at radius 3 is 2.80 bits per heavy atom. The molecule has 3 aliphatic rings. The quantitative estimate of drug-likeness (QED) is 0.788. The van der Waals surface area contributed by atoms with Crippen LogP contribution in [0.15, 0.2) is 6.33 Å². The Morgan fingerprint density at radius 1 is 1.20 bits per heavy atom. The maximum Gasteiger partial charge on any atom is 0.328 e. The second-order valence-corrected chi connectivity index (χ2v) is 5.96. The number of aromatic amines is 1. The normalized spacial score (nSPS) is 26.9. The third-order valence-corrected chi connectivity index (χ3v) is 4.81. The van der Waals surface area contributed by atoms with Gasteiger partial charge in [-0.05, 0) is 12.8 Å². The summed E-state index contributed by atoms with van der Waals surface area (Å²) in [6.07, 6.45) is 7.56. The highest BCUT2D eigenvalue weighted by molar-refractivity contribution is 6.04. The van der Waals surface area contributed by atoms with Crippen LogP contribution in [-0.2, 0) is 17.8 Å². The van der Waals surface area contributed by atoms with Crippen LogP contribution < -0.4 is 0 Å². The van der Waals surface area contributed by atoms with Crippen LogP contribution in [0.4, 0.5) is 4.79 Å². The smallest absolute Gasteiger partial charge is 0.328 e. The largest absolute Gasteiger partial charge is 0.347 e. The van der Waals surface area contributed by atoms with Gasteiger partial charge in [-0.25, -0.2) is 9.78 Å². The maximum absolute atomic E-state index is 12.6. The molecular weight excluding hydrogens is 256 g/mol. The Kier molecular flexibility index (Phi) is 2.58. The van der Waals surface area contributed by atoms with Crippen molar-refractivity contribution >= 4 is 11.9 Å². The van der Waals surface area contributed by atoms with Crippen molar-refractivity contribution < 1.29 is 9.59 Å². The van der Waals surface area contributed by atoms with E-state index < -0.39 is 0 Å². The number of aromatic nitrogens is 2. The number of hydrogen-bond donors (Lipinski definition) is 1. The summed E-state index contributed by atoms with van der Waals surface area (Å²) >= 11 is 0. The van der Waals surface area contributed by atoms with Gasteiger partial charge in [0.25, 0.3) is 5.91 Å². The van der Waals surface area contributed by atoms with E-state index in [1.165, 1.54) is 11.3 Å². The number of imide groups is 1. The summed E-state index contributed by atoms with van der Waals surface area (Å²) in [4.78, 5) is 35.7. The zero-order valence-electron chi connectivity index (χ0n) is 11.3. The number of rotatable bonds is 1. The lowest BCUT2D eigenvalue weighted by Crippen LogP contribution is -2.42. The van der Waals surface area contributed by atoms with Gasteiger partial charge in [-0.15, -0.1) is 0 Å². The van der Waals surface area contributed by atoms with Gasteiger partial charge in [0, 0.05) is 12.5 Å². The van der Waals surface area contributed by atoms with Crippen molar-refractivity contribution in [1.82, 2.24) is 19.8 Å². The molecule has 1 aliphatic carbocycles. The van der Waals surface area contributed by atoms with Gasteiger partial charge in [0.2, 0.25) is 0 Å². The highest BCUT2D eigenvalue weighted by Gasteiger charge is 2.50. The Hall–Kier alpha value is -1.85.